The Labute approximate surface area is 91.8 Å². The fraction of sp³-hybridized carbons (Fsp3) is 0.833. The van der Waals surface area contributed by atoms with Crippen LogP contribution in [0.5, 0.6) is 0 Å². The van der Waals surface area contributed by atoms with Crippen molar-refractivity contribution in [1.82, 2.24) is 0 Å². The van der Waals surface area contributed by atoms with E-state index in [4.69, 9.17) is 0 Å². The Morgan fingerprint density at radius 3 is 2.50 bits per heavy atom. The maximum atomic E-state index is 10.0. The van der Waals surface area contributed by atoms with E-state index in [2.05, 4.69) is 15.9 Å². The molecule has 1 atom stereocenters. The second-order valence-electron chi connectivity index (χ2n) is 1.93. The van der Waals surface area contributed by atoms with Crippen molar-refractivity contribution >= 4 is 21.9 Å². The molecule has 4 heteroatoms. The molecule has 0 aromatic carbocycles. The predicted octanol–water partition coefficient (Wildman–Crippen LogP) is -2.31. The first-order valence-electron chi connectivity index (χ1n) is 3.03. The molecule has 54 valence electrons. The maximum absolute atomic E-state index is 10.0. The summed E-state index contributed by atoms with van der Waals surface area (Å²) >= 11 is 2.98. The number of carboxylic acid groups (broad SMARTS) is 1. The van der Waals surface area contributed by atoms with Gasteiger partial charge in [-0.05, 0) is 6.42 Å². The van der Waals surface area contributed by atoms with Crippen LogP contribution >= 0.6 is 15.9 Å². The predicted molar refractivity (Wildman–Crippen MR) is 37.2 cm³/mol. The Kier molecular flexibility index (Phi) is 10.9. The molecule has 0 bridgehead atoms. The Morgan fingerprint density at radius 2 is 2.20 bits per heavy atom. The van der Waals surface area contributed by atoms with Crippen LogP contribution in [0.4, 0.5) is 0 Å². The van der Waals surface area contributed by atoms with Crippen molar-refractivity contribution in [2.45, 2.75) is 31.0 Å². The third kappa shape index (κ3) is 7.06. The van der Waals surface area contributed by atoms with Crippen LogP contribution in [0.1, 0.15) is 26.2 Å². The fourth-order valence-electron chi connectivity index (χ4n) is 0.501. The number of rotatable bonds is 4. The van der Waals surface area contributed by atoms with Gasteiger partial charge >= 0.3 is 29.6 Å². The Balaban J connectivity index is 0. The minimum atomic E-state index is -1.01. The van der Waals surface area contributed by atoms with E-state index in [0.717, 1.165) is 12.8 Å². The molecule has 0 saturated heterocycles. The van der Waals surface area contributed by atoms with Crippen molar-refractivity contribution in [2.75, 3.05) is 0 Å². The third-order valence-electron chi connectivity index (χ3n) is 1.07. The molecule has 2 nitrogen and oxygen atoms in total. The second-order valence-corrected chi connectivity index (χ2v) is 3.03. The van der Waals surface area contributed by atoms with E-state index < -0.39 is 10.8 Å². The van der Waals surface area contributed by atoms with E-state index in [0.29, 0.717) is 6.42 Å². The number of carbonyl (C=O) groups is 1. The summed E-state index contributed by atoms with van der Waals surface area (Å²) in [5.74, 6) is -1.01. The Bertz CT molecular complexity index is 97.7. The van der Waals surface area contributed by atoms with Gasteiger partial charge in [-0.3, -0.25) is 0 Å². The van der Waals surface area contributed by atoms with Gasteiger partial charge in [-0.15, -0.1) is 0 Å². The van der Waals surface area contributed by atoms with Crippen LogP contribution in [0.15, 0.2) is 0 Å². The molecule has 0 amide bonds. The van der Waals surface area contributed by atoms with Crippen molar-refractivity contribution in [3.8, 4) is 0 Å². The molecule has 0 fully saturated rings. The van der Waals surface area contributed by atoms with E-state index in [9.17, 15) is 9.90 Å². The molecule has 0 spiro atoms. The van der Waals surface area contributed by atoms with Gasteiger partial charge in [0.25, 0.3) is 0 Å². The van der Waals surface area contributed by atoms with E-state index in [1.165, 1.54) is 0 Å². The summed E-state index contributed by atoms with van der Waals surface area (Å²) in [6.45, 7) is 2.02. The summed E-state index contributed by atoms with van der Waals surface area (Å²) in [4.78, 5) is 9.59. The molecule has 0 radical (unpaired) electrons. The van der Waals surface area contributed by atoms with Gasteiger partial charge in [0.1, 0.15) is 0 Å². The van der Waals surface area contributed by atoms with E-state index in [1.54, 1.807) is 0 Å². The van der Waals surface area contributed by atoms with E-state index in [-0.39, 0.29) is 29.6 Å². The molecule has 0 heterocycles. The molecule has 0 aliphatic rings. The van der Waals surface area contributed by atoms with Gasteiger partial charge in [0, 0.05) is 0 Å². The van der Waals surface area contributed by atoms with Gasteiger partial charge in [0.2, 0.25) is 0 Å². The summed E-state index contributed by atoms with van der Waals surface area (Å²) in [6, 6.07) is 0. The summed E-state index contributed by atoms with van der Waals surface area (Å²) < 4.78 is 0. The molecular weight excluding hydrogens is 207 g/mol. The number of alkyl halides is 1. The standard InChI is InChI=1S/C6H11BrO2.Na/c1-2-3-4-5(7)6(8)9;/h5H,2-4H2,1H3,(H,8,9);/q;+1/p-1/t5-;/m0./s1. The quantitative estimate of drug-likeness (QED) is 0.392. The van der Waals surface area contributed by atoms with Gasteiger partial charge < -0.3 is 9.90 Å². The van der Waals surface area contributed by atoms with Crippen molar-refractivity contribution in [1.29, 1.82) is 0 Å². The van der Waals surface area contributed by atoms with Crippen LogP contribution in [0.2, 0.25) is 0 Å². The number of halogens is 1. The molecule has 0 aromatic heterocycles. The minimum absolute atomic E-state index is 0. The summed E-state index contributed by atoms with van der Waals surface area (Å²) in [5, 5.41) is 10.0. The second kappa shape index (κ2) is 8.05. The van der Waals surface area contributed by atoms with Gasteiger partial charge in [0.15, 0.2) is 0 Å². The Morgan fingerprint density at radius 1 is 1.70 bits per heavy atom. The fourth-order valence-corrected chi connectivity index (χ4v) is 0.825. The molecule has 0 saturated carbocycles. The zero-order valence-corrected chi connectivity index (χ0v) is 9.98. The largest absolute Gasteiger partial charge is 1.00 e. The first-order chi connectivity index (χ1) is 4.18. The number of hydrogen-bond acceptors (Lipinski definition) is 2. The number of carboxylic acids is 1. The average molecular weight is 217 g/mol. The van der Waals surface area contributed by atoms with Crippen LogP contribution < -0.4 is 34.7 Å². The summed E-state index contributed by atoms with van der Waals surface area (Å²) in [6.07, 6.45) is 2.62. The molecule has 0 rings (SSSR count). The molecule has 0 aliphatic carbocycles. The van der Waals surface area contributed by atoms with Crippen molar-refractivity contribution in [3.63, 3.8) is 0 Å². The number of carbonyl (C=O) groups excluding carboxylic acids is 1. The minimum Gasteiger partial charge on any atom is -0.549 e. The topological polar surface area (TPSA) is 40.1 Å². The maximum Gasteiger partial charge on any atom is 1.00 e. The van der Waals surface area contributed by atoms with E-state index >= 15 is 0 Å². The van der Waals surface area contributed by atoms with Crippen molar-refractivity contribution in [2.24, 2.45) is 0 Å². The van der Waals surface area contributed by atoms with Crippen molar-refractivity contribution < 1.29 is 39.5 Å². The van der Waals surface area contributed by atoms with Crippen LogP contribution in [-0.4, -0.2) is 10.8 Å². The van der Waals surface area contributed by atoms with Gasteiger partial charge in [-0.2, -0.15) is 0 Å². The Hall–Kier alpha value is 0.950. The number of unbranched alkanes of at least 4 members (excludes halogenated alkanes) is 1. The molecule has 0 unspecified atom stereocenters. The van der Waals surface area contributed by atoms with Crippen LogP contribution in [0.3, 0.4) is 0 Å². The molecule has 0 aliphatic heterocycles. The zero-order chi connectivity index (χ0) is 7.28. The van der Waals surface area contributed by atoms with Crippen LogP contribution in [0, 0.1) is 0 Å². The smallest absolute Gasteiger partial charge is 0.549 e. The monoisotopic (exact) mass is 216 g/mol. The summed E-state index contributed by atoms with van der Waals surface area (Å²) in [7, 11) is 0. The zero-order valence-electron chi connectivity index (χ0n) is 6.39. The number of hydrogen-bond donors (Lipinski definition) is 0. The molecule has 0 aromatic rings. The molecule has 0 N–H and O–H groups in total. The van der Waals surface area contributed by atoms with Crippen LogP contribution in [-0.2, 0) is 4.79 Å². The van der Waals surface area contributed by atoms with E-state index in [1.807, 2.05) is 6.92 Å². The van der Waals surface area contributed by atoms with Gasteiger partial charge in [-0.25, -0.2) is 0 Å². The SMILES string of the molecule is CCCC[C@H](Br)C(=O)[O-].[Na+]. The van der Waals surface area contributed by atoms with Gasteiger partial charge in [0.05, 0.1) is 10.8 Å². The molecular formula is C6H10BrNaO2. The third-order valence-corrected chi connectivity index (χ3v) is 1.90. The first kappa shape index (κ1) is 13.5. The molecule has 10 heavy (non-hydrogen) atoms. The van der Waals surface area contributed by atoms with Crippen molar-refractivity contribution in [3.05, 3.63) is 0 Å². The first-order valence-corrected chi connectivity index (χ1v) is 3.95. The van der Waals surface area contributed by atoms with Gasteiger partial charge in [-0.1, -0.05) is 35.7 Å². The number of aliphatic carboxylic acids is 1. The average Bonchev–Trinajstić information content (AvgIpc) is 1.82. The summed E-state index contributed by atoms with van der Waals surface area (Å²) in [5.41, 5.74) is 0. The van der Waals surface area contributed by atoms with Crippen LogP contribution in [0.25, 0.3) is 0 Å². The normalized spacial score (nSPS) is 11.8.